The third-order valence-corrected chi connectivity index (χ3v) is 4.69. The number of rotatable bonds is 12. The lowest BCUT2D eigenvalue weighted by Crippen LogP contribution is -2.46. The van der Waals surface area contributed by atoms with Crippen molar-refractivity contribution in [1.82, 2.24) is 15.5 Å². The van der Waals surface area contributed by atoms with Gasteiger partial charge in [0, 0.05) is 26.2 Å². The minimum absolute atomic E-state index is 0. The summed E-state index contributed by atoms with van der Waals surface area (Å²) in [5, 5.41) is 6.82. The molecule has 0 aliphatic heterocycles. The fourth-order valence-electron chi connectivity index (χ4n) is 3.09. The molecule has 28 heavy (non-hydrogen) atoms. The van der Waals surface area contributed by atoms with Crippen LogP contribution in [0.25, 0.3) is 0 Å². The van der Waals surface area contributed by atoms with Gasteiger partial charge in [-0.1, -0.05) is 19.9 Å². The lowest BCUT2D eigenvalue weighted by Gasteiger charge is -2.27. The maximum Gasteiger partial charge on any atom is 0.191 e. The molecule has 7 heteroatoms. The van der Waals surface area contributed by atoms with Crippen molar-refractivity contribution in [2.75, 3.05) is 46.9 Å². The molecular formula is C21H39IN4O2. The Bertz CT molecular complexity index is 565. The third kappa shape index (κ3) is 9.32. The van der Waals surface area contributed by atoms with Crippen molar-refractivity contribution in [2.45, 2.75) is 46.6 Å². The van der Waals surface area contributed by atoms with E-state index in [1.54, 1.807) is 7.11 Å². The summed E-state index contributed by atoms with van der Waals surface area (Å²) in [6.07, 6.45) is 1.99. The van der Waals surface area contributed by atoms with Gasteiger partial charge in [0.15, 0.2) is 17.5 Å². The topological polar surface area (TPSA) is 58.1 Å². The zero-order valence-corrected chi connectivity index (χ0v) is 20.7. The van der Waals surface area contributed by atoms with E-state index in [9.17, 15) is 0 Å². The van der Waals surface area contributed by atoms with E-state index in [1.165, 1.54) is 5.56 Å². The maximum atomic E-state index is 5.65. The molecule has 0 saturated heterocycles. The van der Waals surface area contributed by atoms with Gasteiger partial charge in [0.2, 0.25) is 0 Å². The number of nitrogens with one attached hydrogen (secondary N) is 2. The molecule has 0 saturated carbocycles. The minimum atomic E-state index is 0. The van der Waals surface area contributed by atoms with E-state index < -0.39 is 0 Å². The standard InChI is InChI=1S/C21H38N4O2.HI/c1-7-25(8-2)17(4)16-24-21(22-5)23-14-10-11-18-12-13-19(26-6)20(15-18)27-9-3;/h12-13,15,17H,7-11,14,16H2,1-6H3,(H2,22,23,24);1H. The van der Waals surface area contributed by atoms with Crippen LogP contribution in [0.5, 0.6) is 11.5 Å². The summed E-state index contributed by atoms with van der Waals surface area (Å²) < 4.78 is 11.0. The van der Waals surface area contributed by atoms with Crippen LogP contribution < -0.4 is 20.1 Å². The molecule has 0 aliphatic carbocycles. The molecule has 0 bridgehead atoms. The van der Waals surface area contributed by atoms with Crippen LogP contribution in [0.3, 0.4) is 0 Å². The smallest absolute Gasteiger partial charge is 0.191 e. The summed E-state index contributed by atoms with van der Waals surface area (Å²) in [6, 6.07) is 6.62. The van der Waals surface area contributed by atoms with E-state index >= 15 is 0 Å². The van der Waals surface area contributed by atoms with Crippen LogP contribution in [0.15, 0.2) is 23.2 Å². The van der Waals surface area contributed by atoms with Gasteiger partial charge < -0.3 is 20.1 Å². The number of benzene rings is 1. The summed E-state index contributed by atoms with van der Waals surface area (Å²) in [5.41, 5.74) is 1.25. The number of likely N-dealkylation sites (N-methyl/N-ethyl adjacent to an activating group) is 1. The van der Waals surface area contributed by atoms with E-state index in [4.69, 9.17) is 9.47 Å². The summed E-state index contributed by atoms with van der Waals surface area (Å²) >= 11 is 0. The zero-order valence-electron chi connectivity index (χ0n) is 18.4. The van der Waals surface area contributed by atoms with Crippen molar-refractivity contribution >= 4 is 29.9 Å². The number of methoxy groups -OCH3 is 1. The largest absolute Gasteiger partial charge is 0.493 e. The zero-order chi connectivity index (χ0) is 20.1. The molecule has 0 fully saturated rings. The Morgan fingerprint density at radius 1 is 1.14 bits per heavy atom. The summed E-state index contributed by atoms with van der Waals surface area (Å²) in [4.78, 5) is 6.75. The first-order valence-electron chi connectivity index (χ1n) is 10.1. The maximum absolute atomic E-state index is 5.65. The van der Waals surface area contributed by atoms with Crippen LogP contribution in [-0.2, 0) is 6.42 Å². The van der Waals surface area contributed by atoms with Crippen LogP contribution in [0, 0.1) is 0 Å². The second kappa shape index (κ2) is 15.7. The highest BCUT2D eigenvalue weighted by atomic mass is 127. The molecule has 0 amide bonds. The van der Waals surface area contributed by atoms with E-state index in [1.807, 2.05) is 20.0 Å². The Morgan fingerprint density at radius 2 is 1.86 bits per heavy atom. The third-order valence-electron chi connectivity index (χ3n) is 4.69. The van der Waals surface area contributed by atoms with Crippen LogP contribution in [0.2, 0.25) is 0 Å². The van der Waals surface area contributed by atoms with E-state index in [0.29, 0.717) is 12.6 Å². The Labute approximate surface area is 188 Å². The summed E-state index contributed by atoms with van der Waals surface area (Å²) in [7, 11) is 3.48. The quantitative estimate of drug-likeness (QED) is 0.197. The van der Waals surface area contributed by atoms with E-state index in [-0.39, 0.29) is 24.0 Å². The average Bonchev–Trinajstić information content (AvgIpc) is 2.68. The predicted molar refractivity (Wildman–Crippen MR) is 130 cm³/mol. The van der Waals surface area contributed by atoms with Gasteiger partial charge in [-0.15, -0.1) is 24.0 Å². The molecular weight excluding hydrogens is 467 g/mol. The molecule has 1 aromatic rings. The molecule has 2 N–H and O–H groups in total. The molecule has 0 aromatic heterocycles. The fourth-order valence-corrected chi connectivity index (χ4v) is 3.09. The first-order chi connectivity index (χ1) is 13.1. The number of nitrogens with zero attached hydrogens (tertiary/aromatic N) is 2. The second-order valence-electron chi connectivity index (χ2n) is 6.47. The Balaban J connectivity index is 0.00000729. The van der Waals surface area contributed by atoms with E-state index in [0.717, 1.165) is 56.5 Å². The van der Waals surface area contributed by atoms with Crippen molar-refractivity contribution in [3.05, 3.63) is 23.8 Å². The highest BCUT2D eigenvalue weighted by Crippen LogP contribution is 2.28. The monoisotopic (exact) mass is 506 g/mol. The summed E-state index contributed by atoms with van der Waals surface area (Å²) in [5.74, 6) is 2.46. The van der Waals surface area contributed by atoms with E-state index in [2.05, 4.69) is 53.4 Å². The lowest BCUT2D eigenvalue weighted by molar-refractivity contribution is 0.231. The molecule has 1 rings (SSSR count). The van der Waals surface area contributed by atoms with Crippen LogP contribution >= 0.6 is 24.0 Å². The highest BCUT2D eigenvalue weighted by molar-refractivity contribution is 14.0. The van der Waals surface area contributed by atoms with Gasteiger partial charge in [0.1, 0.15) is 0 Å². The van der Waals surface area contributed by atoms with Gasteiger partial charge in [-0.2, -0.15) is 0 Å². The molecule has 0 spiro atoms. The summed E-state index contributed by atoms with van der Waals surface area (Å²) in [6.45, 7) is 13.1. The Kier molecular flexibility index (Phi) is 15.0. The molecule has 1 unspecified atom stereocenters. The highest BCUT2D eigenvalue weighted by Gasteiger charge is 2.10. The number of halogens is 1. The van der Waals surface area contributed by atoms with Crippen LogP contribution in [-0.4, -0.2) is 63.8 Å². The number of aryl methyl sites for hydroxylation is 1. The first kappa shape index (κ1) is 26.8. The average molecular weight is 506 g/mol. The van der Waals surface area contributed by atoms with Gasteiger partial charge in [0.25, 0.3) is 0 Å². The molecule has 1 aromatic carbocycles. The molecule has 1 atom stereocenters. The molecule has 0 aliphatic rings. The molecule has 6 nitrogen and oxygen atoms in total. The van der Waals surface area contributed by atoms with Crippen molar-refractivity contribution in [3.8, 4) is 11.5 Å². The fraction of sp³-hybridized carbons (Fsp3) is 0.667. The van der Waals surface area contributed by atoms with Crippen LogP contribution in [0.4, 0.5) is 0 Å². The SMILES string of the molecule is CCOc1cc(CCCNC(=NC)NCC(C)N(CC)CC)ccc1OC.I. The Morgan fingerprint density at radius 3 is 2.43 bits per heavy atom. The Hall–Kier alpha value is -1.22. The van der Waals surface area contributed by atoms with Crippen molar-refractivity contribution in [1.29, 1.82) is 0 Å². The van der Waals surface area contributed by atoms with Gasteiger partial charge in [-0.05, 0) is 57.5 Å². The van der Waals surface area contributed by atoms with Crippen molar-refractivity contribution < 1.29 is 9.47 Å². The molecule has 162 valence electrons. The van der Waals surface area contributed by atoms with Crippen molar-refractivity contribution in [3.63, 3.8) is 0 Å². The molecule has 0 heterocycles. The van der Waals surface area contributed by atoms with Crippen LogP contribution in [0.1, 0.15) is 39.7 Å². The molecule has 0 radical (unpaired) electrons. The number of hydrogen-bond acceptors (Lipinski definition) is 4. The minimum Gasteiger partial charge on any atom is -0.493 e. The van der Waals surface area contributed by atoms with Gasteiger partial charge in [0.05, 0.1) is 13.7 Å². The number of guanidine groups is 1. The number of aliphatic imine (C=N–C) groups is 1. The first-order valence-corrected chi connectivity index (χ1v) is 10.1. The van der Waals surface area contributed by atoms with Gasteiger partial charge in [-0.25, -0.2) is 0 Å². The number of hydrogen-bond donors (Lipinski definition) is 2. The van der Waals surface area contributed by atoms with Gasteiger partial charge in [-0.3, -0.25) is 9.89 Å². The lowest BCUT2D eigenvalue weighted by atomic mass is 10.1. The van der Waals surface area contributed by atoms with Gasteiger partial charge >= 0.3 is 0 Å². The predicted octanol–water partition coefficient (Wildman–Crippen LogP) is 3.54. The van der Waals surface area contributed by atoms with Crippen molar-refractivity contribution in [2.24, 2.45) is 4.99 Å². The number of ether oxygens (including phenoxy) is 2. The second-order valence-corrected chi connectivity index (χ2v) is 6.47. The normalized spacial score (nSPS) is 12.3.